The molecule has 1 saturated heterocycles. The van der Waals surface area contributed by atoms with E-state index in [-0.39, 0.29) is 0 Å². The molecule has 1 heteroatoms. The number of nitrogens with zero attached hydrogens (tertiary/aromatic N) is 1. The van der Waals surface area contributed by atoms with Gasteiger partial charge in [0.15, 0.2) is 0 Å². The Hall–Kier alpha value is -0.330. The lowest BCUT2D eigenvalue weighted by Crippen LogP contribution is -2.28. The van der Waals surface area contributed by atoms with E-state index in [2.05, 4.69) is 39.0 Å². The lowest BCUT2D eigenvalue weighted by molar-refractivity contribution is -0.367. The zero-order valence-electron chi connectivity index (χ0n) is 8.22. The Morgan fingerprint density at radius 3 is 2.36 bits per heavy atom. The van der Waals surface area contributed by atoms with E-state index in [1.165, 1.54) is 13.0 Å². The largest absolute Gasteiger partial charge is 0.226 e. The average Bonchev–Trinajstić information content (AvgIpc) is 2.65. The van der Waals surface area contributed by atoms with Gasteiger partial charge >= 0.3 is 0 Å². The summed E-state index contributed by atoms with van der Waals surface area (Å²) in [5.41, 5.74) is 0.455. The molecule has 0 radical (unpaired) electrons. The zero-order chi connectivity index (χ0) is 8.65. The van der Waals surface area contributed by atoms with Crippen LogP contribution in [0.15, 0.2) is 0 Å². The van der Waals surface area contributed by atoms with Crippen molar-refractivity contribution in [3.8, 4) is 0 Å². The molecule has 0 spiro atoms. The third-order valence-electron chi connectivity index (χ3n) is 3.46. The van der Waals surface area contributed by atoms with E-state index in [1.807, 2.05) is 0 Å². The third kappa shape index (κ3) is 1.47. The zero-order valence-corrected chi connectivity index (χ0v) is 8.22. The molecule has 0 aromatic rings. The molecule has 1 nitrogen and oxygen atoms in total. The normalized spacial score (nSPS) is 26.9. The second-order valence-electron chi connectivity index (χ2n) is 4.42. The molecule has 0 aromatic carbocycles. The van der Waals surface area contributed by atoms with Crippen LogP contribution in [-0.4, -0.2) is 23.9 Å². The van der Waals surface area contributed by atoms with Crippen LogP contribution in [0.3, 0.4) is 0 Å². The molecule has 0 aromatic heterocycles. The minimum Gasteiger partial charge on any atom is -0.226 e. The van der Waals surface area contributed by atoms with Gasteiger partial charge in [0.25, 0.3) is 0 Å². The van der Waals surface area contributed by atoms with Gasteiger partial charge in [-0.2, -0.15) is 0 Å². The molecule has 1 rings (SSSR count). The minimum atomic E-state index is 0.455. The van der Waals surface area contributed by atoms with Crippen molar-refractivity contribution in [1.29, 1.82) is 0 Å². The Balaban J connectivity index is 2.58. The smallest absolute Gasteiger partial charge is 0.215 e. The monoisotopic (exact) mass is 154 g/mol. The van der Waals surface area contributed by atoms with Crippen molar-refractivity contribution in [3.63, 3.8) is 0 Å². The molecule has 1 aliphatic rings. The van der Waals surface area contributed by atoms with Gasteiger partial charge in [0.1, 0.15) is 6.72 Å². The predicted octanol–water partition coefficient (Wildman–Crippen LogP) is 2.15. The van der Waals surface area contributed by atoms with Crippen LogP contribution in [0.1, 0.15) is 34.1 Å². The van der Waals surface area contributed by atoms with Crippen LogP contribution in [0.4, 0.5) is 0 Å². The molecule has 2 unspecified atom stereocenters. The molecule has 64 valence electrons. The first-order chi connectivity index (χ1) is 5.00. The van der Waals surface area contributed by atoms with Gasteiger partial charge in [0, 0.05) is 5.41 Å². The van der Waals surface area contributed by atoms with Gasteiger partial charge in [-0.05, 0) is 5.92 Å². The first-order valence-corrected chi connectivity index (χ1v) is 4.57. The highest BCUT2D eigenvalue weighted by Gasteiger charge is 2.52. The first-order valence-electron chi connectivity index (χ1n) is 4.57. The quantitative estimate of drug-likeness (QED) is 0.433. The maximum Gasteiger partial charge on any atom is 0.215 e. The van der Waals surface area contributed by atoms with E-state index in [9.17, 15) is 0 Å². The Morgan fingerprint density at radius 2 is 2.09 bits per heavy atom. The fourth-order valence-electron chi connectivity index (χ4n) is 1.74. The lowest BCUT2D eigenvalue weighted by atomic mass is 9.76. The Bertz CT molecular complexity index is 170. The van der Waals surface area contributed by atoms with E-state index in [0.717, 1.165) is 12.0 Å². The molecule has 1 fully saturated rings. The number of rotatable bonds is 3. The van der Waals surface area contributed by atoms with E-state index in [1.54, 1.807) is 0 Å². The summed E-state index contributed by atoms with van der Waals surface area (Å²) in [6, 6.07) is 0.734. The summed E-state index contributed by atoms with van der Waals surface area (Å²) in [5, 5.41) is 0. The minimum absolute atomic E-state index is 0.455. The Labute approximate surface area is 70.1 Å². The molecule has 1 heterocycles. The maximum absolute atomic E-state index is 3.95. The predicted molar refractivity (Wildman–Crippen MR) is 49.3 cm³/mol. The molecular weight excluding hydrogens is 134 g/mol. The van der Waals surface area contributed by atoms with Crippen molar-refractivity contribution >= 4 is 6.72 Å². The van der Waals surface area contributed by atoms with Crippen molar-refractivity contribution in [2.75, 3.05) is 6.54 Å². The van der Waals surface area contributed by atoms with Gasteiger partial charge in [-0.25, -0.2) is 4.58 Å². The highest BCUT2D eigenvalue weighted by atomic mass is 15.2. The summed E-state index contributed by atoms with van der Waals surface area (Å²) in [6.07, 6.45) is 1.28. The molecule has 11 heavy (non-hydrogen) atoms. The van der Waals surface area contributed by atoms with Crippen LogP contribution in [0, 0.1) is 11.3 Å². The molecule has 2 atom stereocenters. The van der Waals surface area contributed by atoms with E-state index < -0.39 is 0 Å². The van der Waals surface area contributed by atoms with E-state index >= 15 is 0 Å². The summed E-state index contributed by atoms with van der Waals surface area (Å²) in [4.78, 5) is 0. The van der Waals surface area contributed by atoms with Gasteiger partial charge in [-0.15, -0.1) is 0 Å². The lowest BCUT2D eigenvalue weighted by Gasteiger charge is -2.26. The summed E-state index contributed by atoms with van der Waals surface area (Å²) in [6.45, 7) is 14.5. The van der Waals surface area contributed by atoms with Crippen molar-refractivity contribution in [2.45, 2.75) is 40.2 Å². The highest BCUT2D eigenvalue weighted by Crippen LogP contribution is 2.39. The average molecular weight is 154 g/mol. The van der Waals surface area contributed by atoms with Crippen LogP contribution in [0.25, 0.3) is 0 Å². The van der Waals surface area contributed by atoms with Gasteiger partial charge in [-0.1, -0.05) is 34.1 Å². The van der Waals surface area contributed by atoms with Crippen LogP contribution >= 0.6 is 0 Å². The molecule has 0 aliphatic carbocycles. The van der Waals surface area contributed by atoms with E-state index in [0.29, 0.717) is 5.41 Å². The fraction of sp³-hybridized carbons (Fsp3) is 0.900. The molecule has 1 aliphatic heterocycles. The summed E-state index contributed by atoms with van der Waals surface area (Å²) in [7, 11) is 0. The van der Waals surface area contributed by atoms with Crippen LogP contribution in [0.5, 0.6) is 0 Å². The van der Waals surface area contributed by atoms with Crippen molar-refractivity contribution in [3.05, 3.63) is 0 Å². The summed E-state index contributed by atoms with van der Waals surface area (Å²) in [5.74, 6) is 0.805. The number of hydrogen-bond acceptors (Lipinski definition) is 0. The van der Waals surface area contributed by atoms with Gasteiger partial charge < -0.3 is 0 Å². The second kappa shape index (κ2) is 2.62. The van der Waals surface area contributed by atoms with Crippen LogP contribution in [-0.2, 0) is 0 Å². The Kier molecular flexibility index (Phi) is 2.08. The third-order valence-corrected chi connectivity index (χ3v) is 3.46. The fourth-order valence-corrected chi connectivity index (χ4v) is 1.74. The summed E-state index contributed by atoms with van der Waals surface area (Å²) < 4.78 is 2.19. The molecule has 0 N–H and O–H groups in total. The first kappa shape index (κ1) is 8.76. The van der Waals surface area contributed by atoms with Crippen LogP contribution in [0.2, 0.25) is 0 Å². The molecule has 0 saturated carbocycles. The molecule has 0 bridgehead atoms. The van der Waals surface area contributed by atoms with Gasteiger partial charge in [-0.3, -0.25) is 0 Å². The SMILES string of the molecule is C=[N+]1CC1C(C)(C)C(C)CC. The number of hydrogen-bond donors (Lipinski definition) is 0. The maximum atomic E-state index is 3.95. The second-order valence-corrected chi connectivity index (χ2v) is 4.42. The van der Waals surface area contributed by atoms with Gasteiger partial charge in [0.2, 0.25) is 12.6 Å². The molecular formula is C10H20N+. The summed E-state index contributed by atoms with van der Waals surface area (Å²) >= 11 is 0. The van der Waals surface area contributed by atoms with Crippen molar-refractivity contribution in [1.82, 2.24) is 0 Å². The molecule has 0 amide bonds. The van der Waals surface area contributed by atoms with Crippen molar-refractivity contribution in [2.24, 2.45) is 11.3 Å². The van der Waals surface area contributed by atoms with Crippen LogP contribution < -0.4 is 0 Å². The topological polar surface area (TPSA) is 3.01 Å². The Morgan fingerprint density at radius 1 is 1.64 bits per heavy atom. The van der Waals surface area contributed by atoms with Gasteiger partial charge in [0.05, 0.1) is 0 Å². The standard InChI is InChI=1S/C10H20N/c1-6-8(2)10(3,4)9-7-11(9)5/h8-9H,5-7H2,1-4H3/q+1. The van der Waals surface area contributed by atoms with E-state index in [4.69, 9.17) is 0 Å². The highest BCUT2D eigenvalue weighted by molar-refractivity contribution is 5.17. The van der Waals surface area contributed by atoms with Crippen molar-refractivity contribution < 1.29 is 4.58 Å².